The van der Waals surface area contributed by atoms with E-state index in [1.807, 2.05) is 24.3 Å². The molecule has 0 saturated heterocycles. The van der Waals surface area contributed by atoms with Gasteiger partial charge in [-0.3, -0.25) is 4.79 Å². The van der Waals surface area contributed by atoms with Gasteiger partial charge in [0.15, 0.2) is 5.78 Å². The summed E-state index contributed by atoms with van der Waals surface area (Å²) in [5, 5.41) is 10.2. The van der Waals surface area contributed by atoms with Gasteiger partial charge in [0.2, 0.25) is 0 Å². The number of carbonyl (C=O) groups excluding carboxylic acids is 1. The average molecular weight is 260 g/mol. The summed E-state index contributed by atoms with van der Waals surface area (Å²) in [6.07, 6.45) is 6.84. The first kappa shape index (κ1) is 14.3. The average Bonchev–Trinajstić information content (AvgIpc) is 2.48. The van der Waals surface area contributed by atoms with Crippen LogP contribution in [0.4, 0.5) is 0 Å². The predicted molar refractivity (Wildman–Crippen MR) is 77.3 cm³/mol. The second kappa shape index (κ2) is 6.85. The fraction of sp³-hybridized carbons (Fsp3) is 0.588. The highest BCUT2D eigenvalue weighted by atomic mass is 16.3. The molecular formula is C17H24O2. The molecule has 0 aromatic heterocycles. The van der Waals surface area contributed by atoms with Crippen molar-refractivity contribution in [1.82, 2.24) is 0 Å². The molecule has 1 fully saturated rings. The standard InChI is InChI=1S/C17H24O2/c1-2-6-13-9-11-15(12-10-13)17(19)16(18)14-7-4-3-5-8-14/h9-12,14,16,18H,2-8H2,1H3. The van der Waals surface area contributed by atoms with E-state index in [0.29, 0.717) is 5.56 Å². The lowest BCUT2D eigenvalue weighted by Crippen LogP contribution is -2.31. The summed E-state index contributed by atoms with van der Waals surface area (Å²) in [6.45, 7) is 2.14. The summed E-state index contributed by atoms with van der Waals surface area (Å²) in [6, 6.07) is 7.73. The van der Waals surface area contributed by atoms with E-state index in [2.05, 4.69) is 6.92 Å². The third kappa shape index (κ3) is 3.66. The van der Waals surface area contributed by atoms with Gasteiger partial charge < -0.3 is 5.11 Å². The fourth-order valence-corrected chi connectivity index (χ4v) is 2.96. The minimum atomic E-state index is -0.808. The van der Waals surface area contributed by atoms with Gasteiger partial charge in [-0.25, -0.2) is 0 Å². The first-order valence-electron chi connectivity index (χ1n) is 7.53. The van der Waals surface area contributed by atoms with Crippen LogP contribution in [0.1, 0.15) is 61.4 Å². The molecule has 1 aliphatic rings. The van der Waals surface area contributed by atoms with E-state index in [9.17, 15) is 9.90 Å². The third-order valence-electron chi connectivity index (χ3n) is 4.14. The van der Waals surface area contributed by atoms with Gasteiger partial charge in [-0.15, -0.1) is 0 Å². The molecule has 0 radical (unpaired) electrons. The van der Waals surface area contributed by atoms with Crippen molar-refractivity contribution in [3.8, 4) is 0 Å². The molecule has 1 aromatic rings. The van der Waals surface area contributed by atoms with Crippen molar-refractivity contribution in [1.29, 1.82) is 0 Å². The highest BCUT2D eigenvalue weighted by Gasteiger charge is 2.27. The van der Waals surface area contributed by atoms with Crippen molar-refractivity contribution in [3.05, 3.63) is 35.4 Å². The van der Waals surface area contributed by atoms with E-state index in [0.717, 1.165) is 38.5 Å². The lowest BCUT2D eigenvalue weighted by atomic mass is 9.82. The summed E-state index contributed by atoms with van der Waals surface area (Å²) in [5.41, 5.74) is 1.91. The number of carbonyl (C=O) groups is 1. The Labute approximate surface area is 115 Å². The summed E-state index contributed by atoms with van der Waals surface area (Å²) in [5.74, 6) is 0.0616. The number of aliphatic hydroxyl groups excluding tert-OH is 1. The zero-order chi connectivity index (χ0) is 13.7. The Morgan fingerprint density at radius 1 is 1.21 bits per heavy atom. The quantitative estimate of drug-likeness (QED) is 0.818. The second-order valence-corrected chi connectivity index (χ2v) is 5.65. The summed E-state index contributed by atoms with van der Waals surface area (Å²) in [7, 11) is 0. The van der Waals surface area contributed by atoms with Crippen LogP contribution in [0.25, 0.3) is 0 Å². The molecule has 2 heteroatoms. The number of benzene rings is 1. The smallest absolute Gasteiger partial charge is 0.191 e. The molecule has 0 bridgehead atoms. The van der Waals surface area contributed by atoms with E-state index in [-0.39, 0.29) is 11.7 Å². The van der Waals surface area contributed by atoms with Crippen molar-refractivity contribution < 1.29 is 9.90 Å². The Bertz CT molecular complexity index is 402. The normalized spacial score (nSPS) is 18.2. The first-order valence-corrected chi connectivity index (χ1v) is 7.53. The molecule has 19 heavy (non-hydrogen) atoms. The first-order chi connectivity index (χ1) is 9.22. The molecule has 0 heterocycles. The van der Waals surface area contributed by atoms with Gasteiger partial charge in [-0.05, 0) is 30.7 Å². The van der Waals surface area contributed by atoms with Crippen LogP contribution in [0.15, 0.2) is 24.3 Å². The van der Waals surface area contributed by atoms with Crippen molar-refractivity contribution >= 4 is 5.78 Å². The second-order valence-electron chi connectivity index (χ2n) is 5.65. The summed E-state index contributed by atoms with van der Waals surface area (Å²) >= 11 is 0. The fourth-order valence-electron chi connectivity index (χ4n) is 2.96. The van der Waals surface area contributed by atoms with Gasteiger partial charge in [0.25, 0.3) is 0 Å². The van der Waals surface area contributed by atoms with Crippen molar-refractivity contribution in [2.24, 2.45) is 5.92 Å². The van der Waals surface area contributed by atoms with Crippen LogP contribution in [0, 0.1) is 5.92 Å². The Morgan fingerprint density at radius 2 is 1.84 bits per heavy atom. The number of aryl methyl sites for hydroxylation is 1. The number of Topliss-reactive ketones (excluding diaryl/α,β-unsaturated/α-hetero) is 1. The van der Waals surface area contributed by atoms with E-state index in [1.165, 1.54) is 12.0 Å². The number of hydrogen-bond donors (Lipinski definition) is 1. The van der Waals surface area contributed by atoms with Gasteiger partial charge >= 0.3 is 0 Å². The number of aliphatic hydroxyl groups is 1. The van der Waals surface area contributed by atoms with Crippen molar-refractivity contribution in [2.75, 3.05) is 0 Å². The molecule has 1 aromatic carbocycles. The Hall–Kier alpha value is -1.15. The largest absolute Gasteiger partial charge is 0.385 e. The van der Waals surface area contributed by atoms with Crippen molar-refractivity contribution in [2.45, 2.75) is 58.0 Å². The van der Waals surface area contributed by atoms with E-state index in [1.54, 1.807) is 0 Å². The van der Waals surface area contributed by atoms with Crippen LogP contribution < -0.4 is 0 Å². The number of ketones is 1. The number of hydrogen-bond acceptors (Lipinski definition) is 2. The van der Waals surface area contributed by atoms with E-state index >= 15 is 0 Å². The molecule has 2 nitrogen and oxygen atoms in total. The molecule has 0 aliphatic heterocycles. The predicted octanol–water partition coefficient (Wildman–Crippen LogP) is 3.76. The summed E-state index contributed by atoms with van der Waals surface area (Å²) < 4.78 is 0. The van der Waals surface area contributed by atoms with Crippen LogP contribution in [-0.4, -0.2) is 17.0 Å². The van der Waals surface area contributed by atoms with E-state index < -0.39 is 6.10 Å². The monoisotopic (exact) mass is 260 g/mol. The van der Waals surface area contributed by atoms with E-state index in [4.69, 9.17) is 0 Å². The zero-order valence-electron chi connectivity index (χ0n) is 11.8. The minimum Gasteiger partial charge on any atom is -0.385 e. The Balaban J connectivity index is 2.01. The van der Waals surface area contributed by atoms with Crippen LogP contribution in [0.2, 0.25) is 0 Å². The highest BCUT2D eigenvalue weighted by molar-refractivity contribution is 5.99. The molecule has 1 N–H and O–H groups in total. The maximum absolute atomic E-state index is 12.3. The van der Waals surface area contributed by atoms with Gasteiger partial charge in [0, 0.05) is 5.56 Å². The molecule has 0 spiro atoms. The third-order valence-corrected chi connectivity index (χ3v) is 4.14. The highest BCUT2D eigenvalue weighted by Crippen LogP contribution is 2.28. The van der Waals surface area contributed by atoms with Crippen LogP contribution in [0.5, 0.6) is 0 Å². The molecule has 0 amide bonds. The number of rotatable bonds is 5. The van der Waals surface area contributed by atoms with Crippen LogP contribution in [-0.2, 0) is 6.42 Å². The lowest BCUT2D eigenvalue weighted by Gasteiger charge is -2.25. The topological polar surface area (TPSA) is 37.3 Å². The van der Waals surface area contributed by atoms with Crippen molar-refractivity contribution in [3.63, 3.8) is 0 Å². The molecule has 1 atom stereocenters. The van der Waals surface area contributed by atoms with Gasteiger partial charge in [-0.2, -0.15) is 0 Å². The van der Waals surface area contributed by atoms with Gasteiger partial charge in [0.1, 0.15) is 6.10 Å². The Kier molecular flexibility index (Phi) is 5.15. The maximum atomic E-state index is 12.3. The minimum absolute atomic E-state index is 0.102. The van der Waals surface area contributed by atoms with Crippen LogP contribution in [0.3, 0.4) is 0 Å². The maximum Gasteiger partial charge on any atom is 0.191 e. The van der Waals surface area contributed by atoms with Gasteiger partial charge in [0.05, 0.1) is 0 Å². The van der Waals surface area contributed by atoms with Gasteiger partial charge in [-0.1, -0.05) is 56.9 Å². The van der Waals surface area contributed by atoms with Crippen LogP contribution >= 0.6 is 0 Å². The molecule has 1 unspecified atom stereocenters. The Morgan fingerprint density at radius 3 is 2.42 bits per heavy atom. The molecule has 2 rings (SSSR count). The summed E-state index contributed by atoms with van der Waals surface area (Å²) in [4.78, 5) is 12.3. The lowest BCUT2D eigenvalue weighted by molar-refractivity contribution is 0.0534. The molecule has 1 aliphatic carbocycles. The zero-order valence-corrected chi connectivity index (χ0v) is 11.8. The molecular weight excluding hydrogens is 236 g/mol. The molecule has 1 saturated carbocycles. The molecule has 104 valence electrons. The SMILES string of the molecule is CCCc1ccc(C(=O)C(O)C2CCCCC2)cc1.